The lowest BCUT2D eigenvalue weighted by Gasteiger charge is -2.36. The average Bonchev–Trinajstić information content (AvgIpc) is 3.63. The normalized spacial score (nSPS) is 22.9. The first-order valence-electron chi connectivity index (χ1n) is 10.3. The van der Waals surface area contributed by atoms with Crippen molar-refractivity contribution in [3.05, 3.63) is 47.3 Å². The van der Waals surface area contributed by atoms with Crippen LogP contribution in [0.4, 0.5) is 18.9 Å². The monoisotopic (exact) mass is 449 g/mol. The third-order valence-corrected chi connectivity index (χ3v) is 7.31. The van der Waals surface area contributed by atoms with Crippen molar-refractivity contribution in [2.45, 2.75) is 49.7 Å². The maximum atomic E-state index is 12.3. The van der Waals surface area contributed by atoms with Crippen LogP contribution < -0.4 is 16.8 Å². The zero-order valence-electron chi connectivity index (χ0n) is 17.2. The third kappa shape index (κ3) is 4.98. The molecular weight excluding hydrogens is 423 g/mol. The molecule has 2 saturated carbocycles. The van der Waals surface area contributed by atoms with Crippen LogP contribution in [0.15, 0.2) is 46.2 Å². The van der Waals surface area contributed by atoms with E-state index in [1.165, 1.54) is 32.0 Å². The lowest BCUT2D eigenvalue weighted by Crippen LogP contribution is -2.57. The van der Waals surface area contributed by atoms with E-state index in [0.717, 1.165) is 22.2 Å². The molecule has 2 aliphatic carbocycles. The van der Waals surface area contributed by atoms with Gasteiger partial charge in [-0.25, -0.2) is 9.98 Å². The van der Waals surface area contributed by atoms with Crippen molar-refractivity contribution in [1.82, 2.24) is 5.32 Å². The van der Waals surface area contributed by atoms with Gasteiger partial charge in [-0.3, -0.25) is 0 Å². The number of nitrogens with two attached hydrogens (primary N) is 2. The standard InChI is InChI=1S/C22H26F3N5S/c1-13-8-14(10-17(9-13)30-12-28-7-6-19(26)22(23,24)25)18-11-29-20(31-18)21(27,15-2-3-15)16-4-5-16/h6-12,15-16,20,29H,2-5,26-27H2,1H3/t20-/m0/s1. The molecule has 0 bridgehead atoms. The molecule has 1 aliphatic heterocycles. The fraction of sp³-hybridized carbons (Fsp3) is 0.455. The number of aliphatic imine (C=N–C) groups is 2. The first-order valence-corrected chi connectivity index (χ1v) is 11.2. The van der Waals surface area contributed by atoms with Crippen LogP contribution in [0.2, 0.25) is 0 Å². The van der Waals surface area contributed by atoms with E-state index in [1.807, 2.05) is 25.3 Å². The number of halogens is 3. The van der Waals surface area contributed by atoms with Crippen molar-refractivity contribution in [3.8, 4) is 0 Å². The largest absolute Gasteiger partial charge is 0.430 e. The molecule has 166 valence electrons. The highest BCUT2D eigenvalue weighted by molar-refractivity contribution is 8.09. The van der Waals surface area contributed by atoms with Gasteiger partial charge in [0, 0.05) is 17.3 Å². The summed E-state index contributed by atoms with van der Waals surface area (Å²) >= 11 is 1.78. The van der Waals surface area contributed by atoms with Crippen molar-refractivity contribution in [2.24, 2.45) is 33.3 Å². The molecule has 0 aromatic heterocycles. The molecule has 5 N–H and O–H groups in total. The molecule has 0 radical (unpaired) electrons. The van der Waals surface area contributed by atoms with Crippen molar-refractivity contribution in [2.75, 3.05) is 0 Å². The molecule has 1 aromatic carbocycles. The molecule has 3 aliphatic rings. The molecule has 2 fully saturated rings. The Bertz CT molecular complexity index is 946. The van der Waals surface area contributed by atoms with E-state index >= 15 is 0 Å². The molecule has 1 aromatic rings. The summed E-state index contributed by atoms with van der Waals surface area (Å²) in [6.45, 7) is 1.98. The van der Waals surface area contributed by atoms with Gasteiger partial charge in [-0.1, -0.05) is 17.8 Å². The molecule has 0 amide bonds. The molecule has 1 atom stereocenters. The number of aryl methyl sites for hydroxylation is 1. The highest BCUT2D eigenvalue weighted by Crippen LogP contribution is 2.56. The molecule has 4 rings (SSSR count). The van der Waals surface area contributed by atoms with Gasteiger partial charge in [0.2, 0.25) is 0 Å². The minimum atomic E-state index is -4.56. The summed E-state index contributed by atoms with van der Waals surface area (Å²) in [5.74, 6) is 1.21. The van der Waals surface area contributed by atoms with Crippen LogP contribution >= 0.6 is 11.8 Å². The zero-order valence-corrected chi connectivity index (χ0v) is 18.0. The minimum absolute atomic E-state index is 0.159. The van der Waals surface area contributed by atoms with Crippen molar-refractivity contribution < 1.29 is 13.2 Å². The van der Waals surface area contributed by atoms with E-state index in [1.54, 1.807) is 11.8 Å². The lowest BCUT2D eigenvalue weighted by atomic mass is 9.88. The Balaban J connectivity index is 1.44. The first kappa shape index (κ1) is 22.0. The van der Waals surface area contributed by atoms with Crippen LogP contribution in [0.25, 0.3) is 4.91 Å². The summed E-state index contributed by atoms with van der Waals surface area (Å²) in [5.41, 5.74) is 13.2. The van der Waals surface area contributed by atoms with Crippen molar-refractivity contribution in [1.29, 1.82) is 0 Å². The van der Waals surface area contributed by atoms with E-state index in [4.69, 9.17) is 11.5 Å². The number of nitrogens with one attached hydrogen (secondary N) is 1. The first-order chi connectivity index (χ1) is 14.7. The van der Waals surface area contributed by atoms with Gasteiger partial charge in [0.15, 0.2) is 0 Å². The van der Waals surface area contributed by atoms with Gasteiger partial charge >= 0.3 is 6.18 Å². The maximum absolute atomic E-state index is 12.3. The fourth-order valence-corrected chi connectivity index (χ4v) is 5.38. The SMILES string of the molecule is Cc1cc(N=CN=CC=C(N)C(F)(F)F)cc(C2=CN[C@H](C(N)(C3CC3)C3CC3)S2)c1. The smallest absolute Gasteiger partial charge is 0.395 e. The minimum Gasteiger partial charge on any atom is -0.395 e. The summed E-state index contributed by atoms with van der Waals surface area (Å²) in [6.07, 6.45) is 5.23. The second-order valence-corrected chi connectivity index (χ2v) is 9.59. The Labute approximate surface area is 184 Å². The summed E-state index contributed by atoms with van der Waals surface area (Å²) in [5, 5.41) is 3.69. The third-order valence-electron chi connectivity index (χ3n) is 5.92. The highest BCUT2D eigenvalue weighted by Gasteiger charge is 2.57. The number of nitrogens with zero attached hydrogens (tertiary/aromatic N) is 2. The van der Waals surface area contributed by atoms with E-state index in [-0.39, 0.29) is 10.9 Å². The molecule has 0 spiro atoms. The predicted molar refractivity (Wildman–Crippen MR) is 121 cm³/mol. The summed E-state index contributed by atoms with van der Waals surface area (Å²) in [4.78, 5) is 9.12. The van der Waals surface area contributed by atoms with Crippen LogP contribution in [0, 0.1) is 18.8 Å². The van der Waals surface area contributed by atoms with Crippen molar-refractivity contribution in [3.63, 3.8) is 0 Å². The Morgan fingerprint density at radius 3 is 2.45 bits per heavy atom. The van der Waals surface area contributed by atoms with E-state index in [9.17, 15) is 13.2 Å². The molecule has 0 saturated heterocycles. The Hall–Kier alpha value is -2.26. The van der Waals surface area contributed by atoms with Gasteiger partial charge < -0.3 is 16.8 Å². The van der Waals surface area contributed by atoms with Gasteiger partial charge in [-0.2, -0.15) is 13.2 Å². The number of rotatable bonds is 7. The average molecular weight is 450 g/mol. The maximum Gasteiger partial charge on any atom is 0.430 e. The summed E-state index contributed by atoms with van der Waals surface area (Å²) in [7, 11) is 0. The molecule has 1 heterocycles. The van der Waals surface area contributed by atoms with Crippen molar-refractivity contribution >= 4 is 34.9 Å². The number of allylic oxidation sites excluding steroid dienone is 2. The van der Waals surface area contributed by atoms with E-state index in [0.29, 0.717) is 23.6 Å². The Morgan fingerprint density at radius 1 is 1.16 bits per heavy atom. The van der Waals surface area contributed by atoms with Gasteiger partial charge in [0.1, 0.15) is 12.0 Å². The number of hydrogen-bond acceptors (Lipinski definition) is 5. The van der Waals surface area contributed by atoms with Gasteiger partial charge in [-0.05, 0) is 73.8 Å². The Kier molecular flexibility index (Phi) is 5.91. The molecule has 9 heteroatoms. The van der Waals surface area contributed by atoms with Crippen LogP contribution in [0.1, 0.15) is 36.8 Å². The van der Waals surface area contributed by atoms with Gasteiger partial charge in [0.05, 0.1) is 16.6 Å². The Morgan fingerprint density at radius 2 is 1.84 bits per heavy atom. The fourth-order valence-electron chi connectivity index (χ4n) is 4.01. The summed E-state index contributed by atoms with van der Waals surface area (Å²) in [6, 6.07) is 5.92. The summed E-state index contributed by atoms with van der Waals surface area (Å²) < 4.78 is 37.0. The van der Waals surface area contributed by atoms with Crippen LogP contribution in [-0.2, 0) is 0 Å². The van der Waals surface area contributed by atoms with Crippen LogP contribution in [0.5, 0.6) is 0 Å². The van der Waals surface area contributed by atoms with Gasteiger partial charge in [0.25, 0.3) is 0 Å². The van der Waals surface area contributed by atoms with E-state index < -0.39 is 11.9 Å². The van der Waals surface area contributed by atoms with Gasteiger partial charge in [-0.15, -0.1) is 0 Å². The lowest BCUT2D eigenvalue weighted by molar-refractivity contribution is -0.0925. The number of alkyl halides is 3. The van der Waals surface area contributed by atoms with Crippen LogP contribution in [0.3, 0.4) is 0 Å². The number of hydrogen-bond donors (Lipinski definition) is 3. The quantitative estimate of drug-likeness (QED) is 0.419. The predicted octanol–water partition coefficient (Wildman–Crippen LogP) is 4.61. The second kappa shape index (κ2) is 8.35. The number of benzene rings is 1. The number of thioether (sulfide) groups is 1. The molecule has 0 unspecified atom stereocenters. The second-order valence-electron chi connectivity index (χ2n) is 8.44. The molecule has 5 nitrogen and oxygen atoms in total. The zero-order chi connectivity index (χ0) is 22.2. The molecule has 31 heavy (non-hydrogen) atoms. The topological polar surface area (TPSA) is 88.8 Å². The highest BCUT2D eigenvalue weighted by atomic mass is 32.2. The molecular formula is C22H26F3N5S. The van der Waals surface area contributed by atoms with E-state index in [2.05, 4.69) is 21.4 Å². The van der Waals surface area contributed by atoms with Crippen LogP contribution in [-0.4, -0.2) is 29.6 Å².